The number of halogens is 1. The fourth-order valence-electron chi connectivity index (χ4n) is 1.17. The van der Waals surface area contributed by atoms with Gasteiger partial charge in [-0.25, -0.2) is 4.39 Å². The Morgan fingerprint density at radius 2 is 1.50 bits per heavy atom. The van der Waals surface area contributed by atoms with Crippen LogP contribution in [0.3, 0.4) is 0 Å². The molecule has 2 nitrogen and oxygen atoms in total. The summed E-state index contributed by atoms with van der Waals surface area (Å²) in [5.41, 5.74) is 1.02. The summed E-state index contributed by atoms with van der Waals surface area (Å²) in [7, 11) is 0. The summed E-state index contributed by atoms with van der Waals surface area (Å²) in [5, 5.41) is 0. The van der Waals surface area contributed by atoms with Crippen molar-refractivity contribution in [3.63, 3.8) is 0 Å². The molecule has 0 saturated carbocycles. The lowest BCUT2D eigenvalue weighted by molar-refractivity contribution is -0.142. The Kier molecular flexibility index (Phi) is 6.19. The molecule has 0 saturated heterocycles. The molecule has 0 spiro atoms. The number of hydrogen-bond donors (Lipinski definition) is 0. The van der Waals surface area contributed by atoms with E-state index < -0.39 is 0 Å². The van der Waals surface area contributed by atoms with Crippen LogP contribution in [0.4, 0.5) is 4.39 Å². The van der Waals surface area contributed by atoms with Crippen LogP contribution in [0.5, 0.6) is 0 Å². The highest BCUT2D eigenvalue weighted by atomic mass is 19.1. The van der Waals surface area contributed by atoms with Gasteiger partial charge < -0.3 is 4.74 Å². The molecule has 0 atom stereocenters. The first-order chi connectivity index (χ1) is 8.68. The first kappa shape index (κ1) is 13.9. The van der Waals surface area contributed by atoms with Crippen LogP contribution in [0.15, 0.2) is 60.7 Å². The lowest BCUT2D eigenvalue weighted by Crippen LogP contribution is -1.97. The molecule has 3 heteroatoms. The summed E-state index contributed by atoms with van der Waals surface area (Å²) in [5.74, 6) is -0.420. The van der Waals surface area contributed by atoms with Gasteiger partial charge in [0.1, 0.15) is 12.4 Å². The quantitative estimate of drug-likeness (QED) is 0.757. The van der Waals surface area contributed by atoms with Gasteiger partial charge in [0.15, 0.2) is 0 Å². The zero-order chi connectivity index (χ0) is 13.2. The largest absolute Gasteiger partial charge is 0.461 e. The van der Waals surface area contributed by atoms with E-state index in [2.05, 4.69) is 0 Å². The second-order valence-corrected chi connectivity index (χ2v) is 3.56. The van der Waals surface area contributed by atoms with Crippen molar-refractivity contribution < 1.29 is 13.9 Å². The molecule has 18 heavy (non-hydrogen) atoms. The maximum absolute atomic E-state index is 11.9. The summed E-state index contributed by atoms with van der Waals surface area (Å²) < 4.78 is 16.7. The molecule has 0 heterocycles. The highest BCUT2D eigenvalue weighted by Crippen LogP contribution is 1.99. The Bertz CT molecular complexity index is 454. The highest BCUT2D eigenvalue weighted by molar-refractivity contribution is 5.65. The molecule has 0 amide bonds. The van der Waals surface area contributed by atoms with Crippen molar-refractivity contribution in [2.45, 2.75) is 13.5 Å². The van der Waals surface area contributed by atoms with Gasteiger partial charge in [-0.3, -0.25) is 4.79 Å². The SMILES string of the molecule is CC(=O)OCc1ccccc1.Fc1ccccc1. The van der Waals surface area contributed by atoms with Crippen LogP contribution < -0.4 is 0 Å². The number of carbonyl (C=O) groups excluding carboxylic acids is 1. The monoisotopic (exact) mass is 246 g/mol. The van der Waals surface area contributed by atoms with Crippen molar-refractivity contribution in [1.29, 1.82) is 0 Å². The molecule has 2 rings (SSSR count). The number of ether oxygens (including phenoxy) is 1. The third kappa shape index (κ3) is 6.43. The van der Waals surface area contributed by atoms with Crippen molar-refractivity contribution in [2.24, 2.45) is 0 Å². The maximum Gasteiger partial charge on any atom is 0.302 e. The third-order valence-electron chi connectivity index (χ3n) is 2.02. The van der Waals surface area contributed by atoms with E-state index in [4.69, 9.17) is 4.74 Å². The van der Waals surface area contributed by atoms with E-state index in [-0.39, 0.29) is 11.8 Å². The fourth-order valence-corrected chi connectivity index (χ4v) is 1.17. The lowest BCUT2D eigenvalue weighted by atomic mass is 10.2. The third-order valence-corrected chi connectivity index (χ3v) is 2.02. The van der Waals surface area contributed by atoms with Gasteiger partial charge in [-0.1, -0.05) is 48.5 Å². The van der Waals surface area contributed by atoms with Gasteiger partial charge in [-0.2, -0.15) is 0 Å². The molecular weight excluding hydrogens is 231 g/mol. The molecule has 0 N–H and O–H groups in total. The lowest BCUT2D eigenvalue weighted by Gasteiger charge is -1.99. The molecule has 0 radical (unpaired) electrons. The molecule has 2 aromatic carbocycles. The Labute approximate surface area is 106 Å². The van der Waals surface area contributed by atoms with E-state index in [9.17, 15) is 9.18 Å². The summed E-state index contributed by atoms with van der Waals surface area (Å²) in [4.78, 5) is 10.4. The van der Waals surface area contributed by atoms with Crippen LogP contribution in [-0.2, 0) is 16.1 Å². The summed E-state index contributed by atoms with van der Waals surface area (Å²) in [6.07, 6.45) is 0. The Morgan fingerprint density at radius 1 is 1.00 bits per heavy atom. The van der Waals surface area contributed by atoms with Gasteiger partial charge in [0.05, 0.1) is 0 Å². The van der Waals surface area contributed by atoms with Crippen molar-refractivity contribution in [2.75, 3.05) is 0 Å². The maximum atomic E-state index is 11.9. The van der Waals surface area contributed by atoms with E-state index in [1.165, 1.54) is 19.1 Å². The van der Waals surface area contributed by atoms with Crippen molar-refractivity contribution >= 4 is 5.97 Å². The molecule has 2 aromatic rings. The highest BCUT2D eigenvalue weighted by Gasteiger charge is 1.93. The minimum Gasteiger partial charge on any atom is -0.461 e. The van der Waals surface area contributed by atoms with Crippen LogP contribution in [0, 0.1) is 5.82 Å². The second-order valence-electron chi connectivity index (χ2n) is 3.56. The molecule has 0 aliphatic heterocycles. The minimum absolute atomic E-state index is 0.178. The van der Waals surface area contributed by atoms with Gasteiger partial charge in [0.2, 0.25) is 0 Å². The predicted octanol–water partition coefficient (Wildman–Crippen LogP) is 3.58. The van der Waals surface area contributed by atoms with Crippen LogP contribution >= 0.6 is 0 Å². The normalized spacial score (nSPS) is 9.00. The predicted molar refractivity (Wildman–Crippen MR) is 68.3 cm³/mol. The van der Waals surface area contributed by atoms with E-state index in [1.807, 2.05) is 30.3 Å². The number of benzene rings is 2. The topological polar surface area (TPSA) is 26.3 Å². The smallest absolute Gasteiger partial charge is 0.302 e. The average Bonchev–Trinajstić information content (AvgIpc) is 2.39. The van der Waals surface area contributed by atoms with Crippen LogP contribution in [0.25, 0.3) is 0 Å². The van der Waals surface area contributed by atoms with E-state index >= 15 is 0 Å². The Hall–Kier alpha value is -2.16. The number of carbonyl (C=O) groups is 1. The van der Waals surface area contributed by atoms with Gasteiger partial charge in [-0.05, 0) is 17.7 Å². The van der Waals surface area contributed by atoms with Gasteiger partial charge >= 0.3 is 5.97 Å². The van der Waals surface area contributed by atoms with Gasteiger partial charge in [-0.15, -0.1) is 0 Å². The minimum atomic E-state index is -0.242. The van der Waals surface area contributed by atoms with Gasteiger partial charge in [0, 0.05) is 6.92 Å². The summed E-state index contributed by atoms with van der Waals surface area (Å²) in [6.45, 7) is 1.78. The summed E-state index contributed by atoms with van der Waals surface area (Å²) >= 11 is 0. The van der Waals surface area contributed by atoms with Crippen LogP contribution in [0.1, 0.15) is 12.5 Å². The fraction of sp³-hybridized carbons (Fsp3) is 0.133. The first-order valence-corrected chi connectivity index (χ1v) is 5.56. The zero-order valence-corrected chi connectivity index (χ0v) is 10.2. The molecule has 0 aliphatic carbocycles. The number of rotatable bonds is 2. The standard InChI is InChI=1S/C9H10O2.C6H5F/c1-8(10)11-7-9-5-3-2-4-6-9;7-6-4-2-1-3-5-6/h2-6H,7H2,1H3;1-5H. The van der Waals surface area contributed by atoms with Crippen LogP contribution in [-0.4, -0.2) is 5.97 Å². The zero-order valence-electron chi connectivity index (χ0n) is 10.2. The molecule has 0 bridgehead atoms. The molecule has 0 aromatic heterocycles. The number of hydrogen-bond acceptors (Lipinski definition) is 2. The molecule has 0 unspecified atom stereocenters. The summed E-state index contributed by atoms with van der Waals surface area (Å²) in [6, 6.07) is 17.5. The second kappa shape index (κ2) is 8.01. The Balaban J connectivity index is 0.000000199. The van der Waals surface area contributed by atoms with Crippen LogP contribution in [0.2, 0.25) is 0 Å². The van der Waals surface area contributed by atoms with Crippen molar-refractivity contribution in [1.82, 2.24) is 0 Å². The van der Waals surface area contributed by atoms with E-state index in [1.54, 1.807) is 18.2 Å². The average molecular weight is 246 g/mol. The number of esters is 1. The van der Waals surface area contributed by atoms with E-state index in [0.29, 0.717) is 6.61 Å². The molecule has 0 aliphatic rings. The molecular formula is C15H15FO2. The van der Waals surface area contributed by atoms with E-state index in [0.717, 1.165) is 5.56 Å². The van der Waals surface area contributed by atoms with Crippen molar-refractivity contribution in [3.8, 4) is 0 Å². The Morgan fingerprint density at radius 3 is 1.89 bits per heavy atom. The van der Waals surface area contributed by atoms with Crippen molar-refractivity contribution in [3.05, 3.63) is 72.0 Å². The van der Waals surface area contributed by atoms with Gasteiger partial charge in [0.25, 0.3) is 0 Å². The molecule has 94 valence electrons. The first-order valence-electron chi connectivity index (χ1n) is 5.56. The molecule has 0 fully saturated rings.